The fourth-order valence-corrected chi connectivity index (χ4v) is 2.40. The molecule has 0 aromatic heterocycles. The van der Waals surface area contributed by atoms with E-state index in [9.17, 15) is 4.79 Å². The monoisotopic (exact) mass is 268 g/mol. The summed E-state index contributed by atoms with van der Waals surface area (Å²) in [5, 5.41) is 0. The lowest BCUT2D eigenvalue weighted by Gasteiger charge is -2.36. The van der Waals surface area contributed by atoms with Gasteiger partial charge in [-0.25, -0.2) is 4.99 Å². The molecule has 20 heavy (non-hydrogen) atoms. The Morgan fingerprint density at radius 3 is 2.85 bits per heavy atom. The first-order valence-corrected chi connectivity index (χ1v) is 6.82. The molecule has 1 saturated heterocycles. The van der Waals surface area contributed by atoms with Crippen molar-refractivity contribution in [2.75, 3.05) is 6.54 Å². The van der Waals surface area contributed by atoms with Crippen LogP contribution in [0.3, 0.4) is 0 Å². The highest BCUT2D eigenvalue weighted by atomic mass is 16.1. The second kappa shape index (κ2) is 5.50. The minimum atomic E-state index is 0.148. The lowest BCUT2D eigenvalue weighted by Crippen LogP contribution is -2.43. The van der Waals surface area contributed by atoms with Gasteiger partial charge in [-0.2, -0.15) is 0 Å². The first-order valence-electron chi connectivity index (χ1n) is 6.82. The normalized spacial score (nSPS) is 19.7. The first-order chi connectivity index (χ1) is 9.45. The summed E-state index contributed by atoms with van der Waals surface area (Å²) in [4.78, 5) is 17.6. The van der Waals surface area contributed by atoms with Crippen molar-refractivity contribution >= 4 is 17.9 Å². The number of piperidine rings is 1. The molecule has 3 nitrogen and oxygen atoms in total. The molecule has 3 heteroatoms. The predicted molar refractivity (Wildman–Crippen MR) is 82.0 cm³/mol. The van der Waals surface area contributed by atoms with Crippen LogP contribution in [0.4, 0.5) is 5.69 Å². The molecule has 0 spiro atoms. The van der Waals surface area contributed by atoms with Gasteiger partial charge in [0.15, 0.2) is 0 Å². The summed E-state index contributed by atoms with van der Waals surface area (Å²) in [6, 6.07) is 5.76. The molecule has 1 aliphatic heterocycles. The molecule has 0 N–H and O–H groups in total. The van der Waals surface area contributed by atoms with Crippen molar-refractivity contribution in [3.63, 3.8) is 0 Å². The number of amidine groups is 1. The van der Waals surface area contributed by atoms with Gasteiger partial charge in [-0.05, 0) is 36.5 Å². The predicted octanol–water partition coefficient (Wildman–Crippen LogP) is 3.28. The Hall–Kier alpha value is -2.08. The van der Waals surface area contributed by atoms with Gasteiger partial charge in [-0.15, -0.1) is 6.42 Å². The van der Waals surface area contributed by atoms with E-state index in [-0.39, 0.29) is 5.41 Å². The van der Waals surface area contributed by atoms with Crippen LogP contribution in [-0.4, -0.2) is 23.7 Å². The molecule has 1 aromatic rings. The van der Waals surface area contributed by atoms with Crippen LogP contribution >= 0.6 is 0 Å². The van der Waals surface area contributed by atoms with Crippen LogP contribution in [0.25, 0.3) is 0 Å². The van der Waals surface area contributed by atoms with Crippen molar-refractivity contribution in [2.24, 2.45) is 10.4 Å². The number of hydrogen-bond acceptors (Lipinski definition) is 2. The van der Waals surface area contributed by atoms with Crippen LogP contribution in [0.2, 0.25) is 0 Å². The molecule has 1 aliphatic rings. The lowest BCUT2D eigenvalue weighted by molar-refractivity contribution is -0.116. The van der Waals surface area contributed by atoms with Crippen LogP contribution < -0.4 is 0 Å². The second-order valence-corrected chi connectivity index (χ2v) is 6.07. The molecule has 2 rings (SSSR count). The fourth-order valence-electron chi connectivity index (χ4n) is 2.40. The number of carbonyl (C=O) groups is 1. The van der Waals surface area contributed by atoms with E-state index in [2.05, 4.69) is 24.8 Å². The third kappa shape index (κ3) is 3.08. The van der Waals surface area contributed by atoms with Gasteiger partial charge in [0.2, 0.25) is 6.41 Å². The number of aliphatic imine (C=N–C) groups is 1. The second-order valence-electron chi connectivity index (χ2n) is 6.07. The SMILES string of the molecule is C#Cc1ccc(C)c(N=C2CCC(C)(C)CN2C=O)c1. The summed E-state index contributed by atoms with van der Waals surface area (Å²) in [5.74, 6) is 3.45. The van der Waals surface area contributed by atoms with Crippen molar-refractivity contribution in [1.82, 2.24) is 4.90 Å². The Kier molecular flexibility index (Phi) is 3.94. The number of carbonyl (C=O) groups excluding carboxylic acids is 1. The maximum absolute atomic E-state index is 11.3. The van der Waals surface area contributed by atoms with E-state index in [1.165, 1.54) is 0 Å². The number of likely N-dealkylation sites (tertiary alicyclic amines) is 1. The first kappa shape index (κ1) is 14.3. The maximum atomic E-state index is 11.3. The van der Waals surface area contributed by atoms with Crippen LogP contribution in [0.15, 0.2) is 23.2 Å². The van der Waals surface area contributed by atoms with Gasteiger partial charge >= 0.3 is 0 Å². The third-order valence-corrected chi connectivity index (χ3v) is 3.71. The van der Waals surface area contributed by atoms with Crippen molar-refractivity contribution < 1.29 is 4.79 Å². The summed E-state index contributed by atoms with van der Waals surface area (Å²) >= 11 is 0. The zero-order valence-corrected chi connectivity index (χ0v) is 12.3. The molecule has 1 fully saturated rings. The molecule has 0 atom stereocenters. The van der Waals surface area contributed by atoms with Crippen molar-refractivity contribution in [3.05, 3.63) is 29.3 Å². The summed E-state index contributed by atoms with van der Waals surface area (Å²) in [6.45, 7) is 7.05. The number of hydrogen-bond donors (Lipinski definition) is 0. The Morgan fingerprint density at radius 1 is 1.45 bits per heavy atom. The van der Waals surface area contributed by atoms with Crippen molar-refractivity contribution in [1.29, 1.82) is 0 Å². The minimum absolute atomic E-state index is 0.148. The van der Waals surface area contributed by atoms with Gasteiger partial charge in [0.1, 0.15) is 5.84 Å². The summed E-state index contributed by atoms with van der Waals surface area (Å²) in [6.07, 6.45) is 8.14. The van der Waals surface area contributed by atoms with E-state index in [0.717, 1.165) is 41.9 Å². The smallest absolute Gasteiger partial charge is 0.215 e. The third-order valence-electron chi connectivity index (χ3n) is 3.71. The van der Waals surface area contributed by atoms with E-state index >= 15 is 0 Å². The molecular weight excluding hydrogens is 248 g/mol. The van der Waals surface area contributed by atoms with E-state index in [4.69, 9.17) is 6.42 Å². The Balaban J connectivity index is 2.35. The standard InChI is InChI=1S/C17H20N2O/c1-5-14-7-6-13(2)15(10-14)18-16-8-9-17(3,4)11-19(16)12-20/h1,6-7,10,12H,8-9,11H2,2-4H3. The molecule has 0 unspecified atom stereocenters. The molecular formula is C17H20N2O. The van der Waals surface area contributed by atoms with Crippen LogP contribution in [0.1, 0.15) is 37.8 Å². The number of benzene rings is 1. The Labute approximate surface area is 120 Å². The number of rotatable bonds is 2. The number of aryl methyl sites for hydroxylation is 1. The molecule has 0 radical (unpaired) electrons. The van der Waals surface area contributed by atoms with Crippen molar-refractivity contribution in [2.45, 2.75) is 33.6 Å². The van der Waals surface area contributed by atoms with E-state index in [1.54, 1.807) is 4.90 Å². The van der Waals surface area contributed by atoms with Crippen LogP contribution in [0.5, 0.6) is 0 Å². The van der Waals surface area contributed by atoms with Gasteiger partial charge in [0, 0.05) is 18.5 Å². The van der Waals surface area contributed by atoms with Crippen LogP contribution in [0, 0.1) is 24.7 Å². The number of nitrogens with zero attached hydrogens (tertiary/aromatic N) is 2. The highest BCUT2D eigenvalue weighted by Crippen LogP contribution is 2.30. The highest BCUT2D eigenvalue weighted by Gasteiger charge is 2.29. The molecule has 0 saturated carbocycles. The molecule has 0 aliphatic carbocycles. The van der Waals surface area contributed by atoms with Gasteiger partial charge in [-0.3, -0.25) is 4.79 Å². The number of terminal acetylenes is 1. The summed E-state index contributed by atoms with van der Waals surface area (Å²) in [7, 11) is 0. The van der Waals surface area contributed by atoms with Gasteiger partial charge in [-0.1, -0.05) is 25.8 Å². The topological polar surface area (TPSA) is 32.7 Å². The Morgan fingerprint density at radius 2 is 2.20 bits per heavy atom. The average molecular weight is 268 g/mol. The zero-order chi connectivity index (χ0) is 14.8. The van der Waals surface area contributed by atoms with Gasteiger partial charge < -0.3 is 4.90 Å². The largest absolute Gasteiger partial charge is 0.302 e. The molecule has 0 bridgehead atoms. The Bertz CT molecular complexity index is 593. The van der Waals surface area contributed by atoms with Gasteiger partial charge in [0.25, 0.3) is 0 Å². The molecule has 1 amide bonds. The van der Waals surface area contributed by atoms with E-state index < -0.39 is 0 Å². The van der Waals surface area contributed by atoms with Crippen molar-refractivity contribution in [3.8, 4) is 12.3 Å². The van der Waals surface area contributed by atoms with Crippen LogP contribution in [-0.2, 0) is 4.79 Å². The average Bonchev–Trinajstić information content (AvgIpc) is 2.42. The quantitative estimate of drug-likeness (QED) is 0.598. The maximum Gasteiger partial charge on any atom is 0.215 e. The lowest BCUT2D eigenvalue weighted by atomic mass is 9.84. The minimum Gasteiger partial charge on any atom is -0.302 e. The fraction of sp³-hybridized carbons (Fsp3) is 0.412. The van der Waals surface area contributed by atoms with Gasteiger partial charge in [0.05, 0.1) is 5.69 Å². The zero-order valence-electron chi connectivity index (χ0n) is 12.3. The summed E-state index contributed by atoms with van der Waals surface area (Å²) in [5.41, 5.74) is 2.87. The molecule has 1 aromatic carbocycles. The molecule has 104 valence electrons. The van der Waals surface area contributed by atoms with E-state index in [0.29, 0.717) is 6.54 Å². The molecule has 1 heterocycles. The number of amides is 1. The summed E-state index contributed by atoms with van der Waals surface area (Å²) < 4.78 is 0. The van der Waals surface area contributed by atoms with E-state index in [1.807, 2.05) is 25.1 Å². The highest BCUT2D eigenvalue weighted by molar-refractivity contribution is 5.93.